The molecule has 0 aliphatic heterocycles. The molecule has 15 heavy (non-hydrogen) atoms. The molecule has 0 N–H and O–H groups in total. The highest BCUT2D eigenvalue weighted by Crippen LogP contribution is 2.21. The topological polar surface area (TPSA) is 36.7 Å². The number of rotatable bonds is 2. The van der Waals surface area contributed by atoms with Gasteiger partial charge in [0.1, 0.15) is 6.07 Å². The van der Waals surface area contributed by atoms with Gasteiger partial charge in [-0.1, -0.05) is 12.1 Å². The molecule has 3 heteroatoms. The Balaban J connectivity index is 2.37. The number of nitrogens with zero attached hydrogens (tertiary/aromatic N) is 2. The smallest absolute Gasteiger partial charge is 0.101 e. The van der Waals surface area contributed by atoms with E-state index in [-0.39, 0.29) is 0 Å². The van der Waals surface area contributed by atoms with Crippen molar-refractivity contribution in [3.05, 3.63) is 52.5 Å². The van der Waals surface area contributed by atoms with Gasteiger partial charge in [0.2, 0.25) is 0 Å². The van der Waals surface area contributed by atoms with Crippen LogP contribution in [0.1, 0.15) is 10.4 Å². The number of pyridine rings is 1. The van der Waals surface area contributed by atoms with E-state index in [1.54, 1.807) is 23.7 Å². The fraction of sp³-hybridized carbons (Fsp3) is 0. The Morgan fingerprint density at radius 2 is 2.33 bits per heavy atom. The molecule has 0 saturated carbocycles. The molecule has 0 saturated heterocycles. The minimum absolute atomic E-state index is 0.679. The zero-order valence-electron chi connectivity index (χ0n) is 7.92. The number of hydrogen-bond donors (Lipinski definition) is 0. The Morgan fingerprint density at radius 3 is 2.93 bits per heavy atom. The highest BCUT2D eigenvalue weighted by molar-refractivity contribution is 7.11. The van der Waals surface area contributed by atoms with Crippen molar-refractivity contribution in [2.24, 2.45) is 0 Å². The van der Waals surface area contributed by atoms with Crippen LogP contribution in [-0.2, 0) is 0 Å². The van der Waals surface area contributed by atoms with E-state index in [2.05, 4.69) is 11.1 Å². The summed E-state index contributed by atoms with van der Waals surface area (Å²) in [6.07, 6.45) is 5.30. The summed E-state index contributed by atoms with van der Waals surface area (Å²) in [5, 5.41) is 11.0. The van der Waals surface area contributed by atoms with Gasteiger partial charge >= 0.3 is 0 Å². The van der Waals surface area contributed by atoms with Crippen molar-refractivity contribution >= 4 is 23.0 Å². The molecule has 2 heterocycles. The molecular formula is C12H8N2S. The van der Waals surface area contributed by atoms with Gasteiger partial charge in [-0.15, -0.1) is 11.3 Å². The van der Waals surface area contributed by atoms with Gasteiger partial charge in [-0.05, 0) is 29.2 Å². The van der Waals surface area contributed by atoms with Crippen molar-refractivity contribution in [2.75, 3.05) is 0 Å². The zero-order valence-corrected chi connectivity index (χ0v) is 8.74. The summed E-state index contributed by atoms with van der Waals surface area (Å²) in [5.41, 5.74) is 1.63. The second kappa shape index (κ2) is 4.54. The molecule has 0 atom stereocenters. The third kappa shape index (κ3) is 2.30. The van der Waals surface area contributed by atoms with Gasteiger partial charge in [-0.2, -0.15) is 5.26 Å². The van der Waals surface area contributed by atoms with Crippen LogP contribution in [0.5, 0.6) is 0 Å². The largest absolute Gasteiger partial charge is 0.264 e. The fourth-order valence-corrected chi connectivity index (χ4v) is 1.91. The van der Waals surface area contributed by atoms with E-state index < -0.39 is 0 Å². The van der Waals surface area contributed by atoms with Crippen molar-refractivity contribution in [3.63, 3.8) is 0 Å². The van der Waals surface area contributed by atoms with E-state index in [0.717, 1.165) is 10.4 Å². The van der Waals surface area contributed by atoms with Crippen LogP contribution in [0.15, 0.2) is 42.0 Å². The molecule has 72 valence electrons. The molecular weight excluding hydrogens is 204 g/mol. The maximum Gasteiger partial charge on any atom is 0.101 e. The SMILES string of the molecule is N#CC(=Cc1cccnc1)c1cccs1. The van der Waals surface area contributed by atoms with Crippen molar-refractivity contribution in [2.45, 2.75) is 0 Å². The van der Waals surface area contributed by atoms with E-state index in [4.69, 9.17) is 5.26 Å². The number of hydrogen-bond acceptors (Lipinski definition) is 3. The summed E-state index contributed by atoms with van der Waals surface area (Å²) in [6, 6.07) is 9.86. The maximum atomic E-state index is 9.03. The number of allylic oxidation sites excluding steroid dienone is 1. The summed E-state index contributed by atoms with van der Waals surface area (Å²) in [6.45, 7) is 0. The second-order valence-corrected chi connectivity index (χ2v) is 3.88. The zero-order chi connectivity index (χ0) is 10.5. The molecule has 0 spiro atoms. The normalized spacial score (nSPS) is 11.0. The van der Waals surface area contributed by atoms with E-state index in [0.29, 0.717) is 5.57 Å². The summed E-state index contributed by atoms with van der Waals surface area (Å²) in [7, 11) is 0. The molecule has 2 aromatic heterocycles. The highest BCUT2D eigenvalue weighted by atomic mass is 32.1. The molecule has 0 bridgehead atoms. The molecule has 0 fully saturated rings. The highest BCUT2D eigenvalue weighted by Gasteiger charge is 2.00. The molecule has 0 radical (unpaired) electrons. The molecule has 2 aromatic rings. The van der Waals surface area contributed by atoms with E-state index in [1.165, 1.54) is 0 Å². The summed E-state index contributed by atoms with van der Waals surface area (Å²) < 4.78 is 0. The monoisotopic (exact) mass is 212 g/mol. The first-order chi connectivity index (χ1) is 7.40. The first-order valence-corrected chi connectivity index (χ1v) is 5.34. The van der Waals surface area contributed by atoms with Crippen LogP contribution < -0.4 is 0 Å². The fourth-order valence-electron chi connectivity index (χ4n) is 1.22. The van der Waals surface area contributed by atoms with Crippen molar-refractivity contribution in [3.8, 4) is 6.07 Å². The van der Waals surface area contributed by atoms with E-state index in [1.807, 2.05) is 35.7 Å². The lowest BCUT2D eigenvalue weighted by molar-refractivity contribution is 1.32. The Hall–Kier alpha value is -1.92. The van der Waals surface area contributed by atoms with Crippen LogP contribution >= 0.6 is 11.3 Å². The molecule has 0 aliphatic rings. The molecule has 0 amide bonds. The van der Waals surface area contributed by atoms with Crippen LogP contribution in [0.4, 0.5) is 0 Å². The van der Waals surface area contributed by atoms with E-state index >= 15 is 0 Å². The van der Waals surface area contributed by atoms with Crippen LogP contribution in [-0.4, -0.2) is 4.98 Å². The molecule has 2 nitrogen and oxygen atoms in total. The first-order valence-electron chi connectivity index (χ1n) is 4.46. The summed E-state index contributed by atoms with van der Waals surface area (Å²) in [4.78, 5) is 4.99. The third-order valence-corrected chi connectivity index (χ3v) is 2.81. The Kier molecular flexibility index (Phi) is 2.91. The first kappa shape index (κ1) is 9.63. The van der Waals surface area contributed by atoms with Crippen LogP contribution in [0.2, 0.25) is 0 Å². The number of aromatic nitrogens is 1. The van der Waals surface area contributed by atoms with Gasteiger partial charge in [0.05, 0.1) is 5.57 Å². The predicted octanol–water partition coefficient (Wildman–Crippen LogP) is 3.21. The maximum absolute atomic E-state index is 9.03. The summed E-state index contributed by atoms with van der Waals surface area (Å²) in [5.74, 6) is 0. The minimum atomic E-state index is 0.679. The molecule has 2 rings (SSSR count). The van der Waals surface area contributed by atoms with Gasteiger partial charge in [-0.3, -0.25) is 4.98 Å². The third-order valence-electron chi connectivity index (χ3n) is 1.90. The molecule has 0 aliphatic carbocycles. The average Bonchev–Trinajstić information content (AvgIpc) is 2.81. The number of nitriles is 1. The second-order valence-electron chi connectivity index (χ2n) is 2.93. The lowest BCUT2D eigenvalue weighted by Crippen LogP contribution is -1.78. The van der Waals surface area contributed by atoms with Gasteiger partial charge in [0.15, 0.2) is 0 Å². The number of thiophene rings is 1. The minimum Gasteiger partial charge on any atom is -0.264 e. The average molecular weight is 212 g/mol. The Bertz CT molecular complexity index is 492. The lowest BCUT2D eigenvalue weighted by Gasteiger charge is -1.94. The predicted molar refractivity (Wildman–Crippen MR) is 62.0 cm³/mol. The lowest BCUT2D eigenvalue weighted by atomic mass is 10.1. The van der Waals surface area contributed by atoms with Crippen molar-refractivity contribution < 1.29 is 0 Å². The molecule has 0 unspecified atom stereocenters. The van der Waals surface area contributed by atoms with Gasteiger partial charge in [-0.25, -0.2) is 0 Å². The van der Waals surface area contributed by atoms with Crippen LogP contribution in [0.3, 0.4) is 0 Å². The summed E-state index contributed by atoms with van der Waals surface area (Å²) >= 11 is 1.56. The van der Waals surface area contributed by atoms with Gasteiger partial charge in [0, 0.05) is 17.3 Å². The Labute approximate surface area is 92.1 Å². The van der Waals surface area contributed by atoms with Crippen LogP contribution in [0.25, 0.3) is 11.6 Å². The van der Waals surface area contributed by atoms with E-state index in [9.17, 15) is 0 Å². The standard InChI is InChI=1S/C12H8N2S/c13-8-11(12-4-2-6-15-12)7-10-3-1-5-14-9-10/h1-7,9H. The van der Waals surface area contributed by atoms with Gasteiger partial charge in [0.25, 0.3) is 0 Å². The van der Waals surface area contributed by atoms with Crippen LogP contribution in [0, 0.1) is 11.3 Å². The Morgan fingerprint density at radius 1 is 1.40 bits per heavy atom. The van der Waals surface area contributed by atoms with Gasteiger partial charge < -0.3 is 0 Å². The van der Waals surface area contributed by atoms with Crippen molar-refractivity contribution in [1.29, 1.82) is 5.26 Å². The van der Waals surface area contributed by atoms with Crippen molar-refractivity contribution in [1.82, 2.24) is 4.98 Å². The quantitative estimate of drug-likeness (QED) is 0.717. The molecule has 0 aromatic carbocycles.